The Kier molecular flexibility index (Phi) is 5.32. The maximum atomic E-state index is 12.0. The van der Waals surface area contributed by atoms with Crippen molar-refractivity contribution in [3.63, 3.8) is 0 Å². The molecular formula is C17H20N2O2. The SMILES string of the molecule is COc1ccccc1CNC(=O)CC(C)c1cccnc1. The summed E-state index contributed by atoms with van der Waals surface area (Å²) in [5.41, 5.74) is 2.05. The summed E-state index contributed by atoms with van der Waals surface area (Å²) in [6, 6.07) is 11.6. The van der Waals surface area contributed by atoms with Crippen LogP contribution in [-0.4, -0.2) is 18.0 Å². The van der Waals surface area contributed by atoms with Crippen LogP contribution in [0.15, 0.2) is 48.8 Å². The molecule has 1 amide bonds. The van der Waals surface area contributed by atoms with Crippen LogP contribution in [0.5, 0.6) is 5.75 Å². The summed E-state index contributed by atoms with van der Waals surface area (Å²) in [7, 11) is 1.63. The molecule has 1 aromatic carbocycles. The Labute approximate surface area is 125 Å². The molecule has 4 nitrogen and oxygen atoms in total. The van der Waals surface area contributed by atoms with Crippen LogP contribution in [0.1, 0.15) is 30.4 Å². The lowest BCUT2D eigenvalue weighted by Gasteiger charge is -2.13. The van der Waals surface area contributed by atoms with Gasteiger partial charge in [0.1, 0.15) is 5.75 Å². The van der Waals surface area contributed by atoms with E-state index in [2.05, 4.69) is 10.3 Å². The zero-order valence-corrected chi connectivity index (χ0v) is 12.4. The van der Waals surface area contributed by atoms with Crippen LogP contribution in [0.4, 0.5) is 0 Å². The van der Waals surface area contributed by atoms with Gasteiger partial charge in [0.25, 0.3) is 0 Å². The number of para-hydroxylation sites is 1. The molecule has 1 atom stereocenters. The average molecular weight is 284 g/mol. The van der Waals surface area contributed by atoms with Gasteiger partial charge in [-0.1, -0.05) is 31.2 Å². The predicted octanol–water partition coefficient (Wildman–Crippen LogP) is 2.90. The van der Waals surface area contributed by atoms with Crippen molar-refractivity contribution in [2.75, 3.05) is 7.11 Å². The highest BCUT2D eigenvalue weighted by molar-refractivity contribution is 5.76. The van der Waals surface area contributed by atoms with E-state index in [1.54, 1.807) is 19.5 Å². The van der Waals surface area contributed by atoms with Crippen molar-refractivity contribution in [1.29, 1.82) is 0 Å². The second-order valence-electron chi connectivity index (χ2n) is 4.98. The number of rotatable bonds is 6. The highest BCUT2D eigenvalue weighted by Crippen LogP contribution is 2.19. The Balaban J connectivity index is 1.88. The van der Waals surface area contributed by atoms with Crippen molar-refractivity contribution < 1.29 is 9.53 Å². The molecule has 1 heterocycles. The summed E-state index contributed by atoms with van der Waals surface area (Å²) in [6.07, 6.45) is 3.98. The molecule has 1 aromatic heterocycles. The molecule has 0 fully saturated rings. The largest absolute Gasteiger partial charge is 0.496 e. The molecule has 2 aromatic rings. The van der Waals surface area contributed by atoms with Gasteiger partial charge in [-0.05, 0) is 23.6 Å². The van der Waals surface area contributed by atoms with Crippen LogP contribution in [0.3, 0.4) is 0 Å². The summed E-state index contributed by atoms with van der Waals surface area (Å²) >= 11 is 0. The van der Waals surface area contributed by atoms with E-state index in [0.717, 1.165) is 16.9 Å². The highest BCUT2D eigenvalue weighted by atomic mass is 16.5. The Morgan fingerprint density at radius 2 is 2.10 bits per heavy atom. The Morgan fingerprint density at radius 1 is 1.29 bits per heavy atom. The first-order chi connectivity index (χ1) is 10.2. The molecule has 0 spiro atoms. The van der Waals surface area contributed by atoms with Crippen LogP contribution < -0.4 is 10.1 Å². The molecule has 21 heavy (non-hydrogen) atoms. The van der Waals surface area contributed by atoms with E-state index in [9.17, 15) is 4.79 Å². The molecule has 110 valence electrons. The van der Waals surface area contributed by atoms with Crippen molar-refractivity contribution in [2.24, 2.45) is 0 Å². The molecule has 4 heteroatoms. The second kappa shape index (κ2) is 7.43. The summed E-state index contributed by atoms with van der Waals surface area (Å²) < 4.78 is 5.27. The van der Waals surface area contributed by atoms with Crippen molar-refractivity contribution in [1.82, 2.24) is 10.3 Å². The normalized spacial score (nSPS) is 11.7. The van der Waals surface area contributed by atoms with Crippen LogP contribution in [0.25, 0.3) is 0 Å². The molecule has 1 unspecified atom stereocenters. The number of carbonyl (C=O) groups excluding carboxylic acids is 1. The van der Waals surface area contributed by atoms with E-state index in [4.69, 9.17) is 4.74 Å². The van der Waals surface area contributed by atoms with Gasteiger partial charge in [0.05, 0.1) is 7.11 Å². The Bertz CT molecular complexity index is 584. The van der Waals surface area contributed by atoms with Gasteiger partial charge in [0.2, 0.25) is 5.91 Å². The summed E-state index contributed by atoms with van der Waals surface area (Å²) in [6.45, 7) is 2.50. The van der Waals surface area contributed by atoms with Crippen molar-refractivity contribution in [3.8, 4) is 5.75 Å². The van der Waals surface area contributed by atoms with Gasteiger partial charge in [0, 0.05) is 30.9 Å². The topological polar surface area (TPSA) is 51.2 Å². The summed E-state index contributed by atoms with van der Waals surface area (Å²) in [5, 5.41) is 2.93. The smallest absolute Gasteiger partial charge is 0.220 e. The number of nitrogens with zero attached hydrogens (tertiary/aromatic N) is 1. The van der Waals surface area contributed by atoms with Gasteiger partial charge >= 0.3 is 0 Å². The van der Waals surface area contributed by atoms with Gasteiger partial charge in [-0.3, -0.25) is 9.78 Å². The second-order valence-corrected chi connectivity index (χ2v) is 4.98. The van der Waals surface area contributed by atoms with Crippen molar-refractivity contribution in [2.45, 2.75) is 25.8 Å². The molecule has 0 aliphatic heterocycles. The first kappa shape index (κ1) is 15.0. The molecule has 0 aliphatic carbocycles. The molecule has 2 rings (SSSR count). The maximum Gasteiger partial charge on any atom is 0.220 e. The minimum atomic E-state index is 0.0252. The molecule has 0 aliphatic rings. The minimum absolute atomic E-state index is 0.0252. The minimum Gasteiger partial charge on any atom is -0.496 e. The van der Waals surface area contributed by atoms with E-state index in [0.29, 0.717) is 13.0 Å². The first-order valence-corrected chi connectivity index (χ1v) is 6.99. The third-order valence-corrected chi connectivity index (χ3v) is 3.41. The van der Waals surface area contributed by atoms with Crippen LogP contribution in [0, 0.1) is 0 Å². The van der Waals surface area contributed by atoms with Crippen LogP contribution in [0.2, 0.25) is 0 Å². The van der Waals surface area contributed by atoms with E-state index in [1.165, 1.54) is 0 Å². The molecule has 0 saturated heterocycles. The monoisotopic (exact) mass is 284 g/mol. The third kappa shape index (κ3) is 4.31. The van der Waals surface area contributed by atoms with Gasteiger partial charge in [-0.2, -0.15) is 0 Å². The molecule has 0 bridgehead atoms. The zero-order chi connectivity index (χ0) is 15.1. The number of amides is 1. The number of carbonyl (C=O) groups is 1. The molecular weight excluding hydrogens is 264 g/mol. The highest BCUT2D eigenvalue weighted by Gasteiger charge is 2.11. The fourth-order valence-corrected chi connectivity index (χ4v) is 2.18. The molecule has 1 N–H and O–H groups in total. The number of pyridine rings is 1. The molecule has 0 saturated carbocycles. The lowest BCUT2D eigenvalue weighted by molar-refractivity contribution is -0.121. The lowest BCUT2D eigenvalue weighted by atomic mass is 9.99. The number of methoxy groups -OCH3 is 1. The lowest BCUT2D eigenvalue weighted by Crippen LogP contribution is -2.24. The fraction of sp³-hybridized carbons (Fsp3) is 0.294. The number of hydrogen-bond donors (Lipinski definition) is 1. The standard InChI is InChI=1S/C17H20N2O2/c1-13(14-7-5-9-18-11-14)10-17(20)19-12-15-6-3-4-8-16(15)21-2/h3-9,11,13H,10,12H2,1-2H3,(H,19,20). The first-order valence-electron chi connectivity index (χ1n) is 6.99. The maximum absolute atomic E-state index is 12.0. The van der Waals surface area contributed by atoms with E-state index in [-0.39, 0.29) is 11.8 Å². The number of aromatic nitrogens is 1. The van der Waals surface area contributed by atoms with Gasteiger partial charge < -0.3 is 10.1 Å². The summed E-state index contributed by atoms with van der Waals surface area (Å²) in [4.78, 5) is 16.1. The number of ether oxygens (including phenoxy) is 1. The number of nitrogens with one attached hydrogen (secondary N) is 1. The number of benzene rings is 1. The summed E-state index contributed by atoms with van der Waals surface area (Å²) in [5.74, 6) is 0.965. The number of hydrogen-bond acceptors (Lipinski definition) is 3. The van der Waals surface area contributed by atoms with Gasteiger partial charge in [-0.25, -0.2) is 0 Å². The van der Waals surface area contributed by atoms with E-state index < -0.39 is 0 Å². The van der Waals surface area contributed by atoms with E-state index in [1.807, 2.05) is 43.3 Å². The molecule has 0 radical (unpaired) electrons. The zero-order valence-electron chi connectivity index (χ0n) is 12.4. The van der Waals surface area contributed by atoms with Crippen molar-refractivity contribution >= 4 is 5.91 Å². The van der Waals surface area contributed by atoms with Gasteiger partial charge in [-0.15, -0.1) is 0 Å². The Hall–Kier alpha value is -2.36. The average Bonchev–Trinajstić information content (AvgIpc) is 2.54. The Morgan fingerprint density at radius 3 is 2.81 bits per heavy atom. The fourth-order valence-electron chi connectivity index (χ4n) is 2.18. The van der Waals surface area contributed by atoms with Crippen molar-refractivity contribution in [3.05, 3.63) is 59.9 Å². The van der Waals surface area contributed by atoms with Gasteiger partial charge in [0.15, 0.2) is 0 Å². The quantitative estimate of drug-likeness (QED) is 0.887. The predicted molar refractivity (Wildman–Crippen MR) is 82.1 cm³/mol. The third-order valence-electron chi connectivity index (χ3n) is 3.41. The van der Waals surface area contributed by atoms with Crippen LogP contribution in [-0.2, 0) is 11.3 Å². The van der Waals surface area contributed by atoms with E-state index >= 15 is 0 Å². The van der Waals surface area contributed by atoms with Crippen LogP contribution >= 0.6 is 0 Å².